The van der Waals surface area contributed by atoms with E-state index in [0.717, 1.165) is 29.7 Å². The summed E-state index contributed by atoms with van der Waals surface area (Å²) in [4.78, 5) is 28.6. The van der Waals surface area contributed by atoms with Crippen LogP contribution in [-0.4, -0.2) is 46.6 Å². The molecule has 0 saturated heterocycles. The van der Waals surface area contributed by atoms with Gasteiger partial charge in [-0.25, -0.2) is 17.5 Å². The fourth-order valence-corrected chi connectivity index (χ4v) is 4.75. The average Bonchev–Trinajstić information content (AvgIpc) is 3.20. The van der Waals surface area contributed by atoms with Gasteiger partial charge >= 0.3 is 0 Å². The van der Waals surface area contributed by atoms with Crippen molar-refractivity contribution in [1.29, 1.82) is 0 Å². The number of hydrogen-bond acceptors (Lipinski definition) is 10. The maximum absolute atomic E-state index is 14.0. The minimum absolute atomic E-state index is 0.00395. The fraction of sp³-hybridized carbons (Fsp3) is 0.158. The molecule has 0 atom stereocenters. The lowest BCUT2D eigenvalue weighted by molar-refractivity contribution is -0.383. The maximum atomic E-state index is 14.0. The third kappa shape index (κ3) is 4.42. The summed E-state index contributed by atoms with van der Waals surface area (Å²) in [6, 6.07) is 8.06. The summed E-state index contributed by atoms with van der Waals surface area (Å²) in [5, 5.41) is 19.5. The lowest BCUT2D eigenvalue weighted by Crippen LogP contribution is -2.20. The molecule has 0 fully saturated rings. The zero-order chi connectivity index (χ0) is 23.9. The van der Waals surface area contributed by atoms with Gasteiger partial charge < -0.3 is 4.90 Å². The molecule has 0 unspecified atom stereocenters. The molecule has 0 spiro atoms. The molecular weight excluding hydrogens is 475 g/mol. The van der Waals surface area contributed by atoms with Crippen molar-refractivity contribution < 1.29 is 17.7 Å². The second-order valence-electron chi connectivity index (χ2n) is 7.11. The van der Waals surface area contributed by atoms with Crippen molar-refractivity contribution in [2.45, 2.75) is 11.4 Å². The number of hydrogen-bond donors (Lipinski definition) is 0. The summed E-state index contributed by atoms with van der Waals surface area (Å²) in [7, 11) is -2.18. The third-order valence-electron chi connectivity index (χ3n) is 4.65. The molecule has 4 aromatic rings. The zero-order valence-electron chi connectivity index (χ0n) is 17.2. The molecule has 4 rings (SSSR count). The molecule has 0 amide bonds. The zero-order valence-corrected chi connectivity index (χ0v) is 18.8. The number of non-ortho nitro benzene ring substituents is 1. The number of nitro groups is 1. The van der Waals surface area contributed by atoms with E-state index in [-0.39, 0.29) is 32.3 Å². The molecule has 0 saturated carbocycles. The highest BCUT2D eigenvalue weighted by atomic mass is 32.2. The molecule has 11 nitrogen and oxygen atoms in total. The van der Waals surface area contributed by atoms with Crippen LogP contribution in [0, 0.1) is 15.9 Å². The third-order valence-corrected chi connectivity index (χ3v) is 6.97. The second kappa shape index (κ2) is 8.29. The minimum Gasteiger partial charge on any atom is -0.345 e. The van der Waals surface area contributed by atoms with E-state index in [1.54, 1.807) is 19.2 Å². The molecule has 14 heteroatoms. The van der Waals surface area contributed by atoms with Crippen molar-refractivity contribution in [3.05, 3.63) is 74.6 Å². The van der Waals surface area contributed by atoms with Crippen LogP contribution in [0.5, 0.6) is 0 Å². The maximum Gasteiger partial charge on any atom is 0.288 e. The van der Waals surface area contributed by atoms with Gasteiger partial charge in [-0.1, -0.05) is 28.7 Å². The van der Waals surface area contributed by atoms with Crippen molar-refractivity contribution in [3.63, 3.8) is 0 Å². The molecule has 2 heterocycles. The van der Waals surface area contributed by atoms with E-state index >= 15 is 0 Å². The molecule has 33 heavy (non-hydrogen) atoms. The van der Waals surface area contributed by atoms with Crippen LogP contribution in [0.3, 0.4) is 0 Å². The van der Waals surface area contributed by atoms with Crippen molar-refractivity contribution in [2.75, 3.05) is 18.2 Å². The molecule has 170 valence electrons. The van der Waals surface area contributed by atoms with Gasteiger partial charge in [-0.05, 0) is 18.2 Å². The Kier molecular flexibility index (Phi) is 5.63. The Labute approximate surface area is 189 Å². The number of nitrogens with zero attached hydrogens (tertiary/aromatic N) is 6. The first-order chi connectivity index (χ1) is 15.5. The summed E-state index contributed by atoms with van der Waals surface area (Å²) in [5.41, 5.74) is -0.652. The molecule has 0 radical (unpaired) electrons. The topological polar surface area (TPSA) is 141 Å². The van der Waals surface area contributed by atoms with E-state index in [9.17, 15) is 27.7 Å². The summed E-state index contributed by atoms with van der Waals surface area (Å²) in [6.07, 6.45) is 2.41. The van der Waals surface area contributed by atoms with Crippen LogP contribution in [-0.2, 0) is 16.4 Å². The van der Waals surface area contributed by atoms with E-state index < -0.39 is 31.8 Å². The normalized spacial score (nSPS) is 11.6. The van der Waals surface area contributed by atoms with Crippen molar-refractivity contribution in [1.82, 2.24) is 20.0 Å². The Hall–Kier alpha value is -3.78. The van der Waals surface area contributed by atoms with Gasteiger partial charge in [0.1, 0.15) is 21.9 Å². The predicted octanol–water partition coefficient (Wildman–Crippen LogP) is 2.32. The number of halogens is 1. The number of anilines is 1. The van der Waals surface area contributed by atoms with Gasteiger partial charge in [-0.3, -0.25) is 14.9 Å². The van der Waals surface area contributed by atoms with Gasteiger partial charge in [0.25, 0.3) is 11.2 Å². The Morgan fingerprint density at radius 1 is 1.27 bits per heavy atom. The van der Waals surface area contributed by atoms with Crippen LogP contribution in [0.15, 0.2) is 52.3 Å². The lowest BCUT2D eigenvalue weighted by Gasteiger charge is -2.15. The Balaban J connectivity index is 1.72. The Bertz CT molecular complexity index is 1570. The standard InChI is InChI=1S/C19H15FN6O5S2/c1-24(9-11-10-25(23-22-11)15-6-4-3-5-14(15)20)19-21-18(27)13-7-12(33(2,30)31)8-16(26(28)29)17(13)32-19/h3-8,10H,9H2,1-2H3. The smallest absolute Gasteiger partial charge is 0.288 e. The van der Waals surface area contributed by atoms with Crippen molar-refractivity contribution in [3.8, 4) is 5.69 Å². The van der Waals surface area contributed by atoms with Crippen molar-refractivity contribution >= 4 is 42.1 Å². The first kappa shape index (κ1) is 22.4. The monoisotopic (exact) mass is 490 g/mol. The van der Waals surface area contributed by atoms with Gasteiger partial charge in [-0.15, -0.1) is 5.10 Å². The number of benzene rings is 2. The predicted molar refractivity (Wildman–Crippen MR) is 119 cm³/mol. The van der Waals surface area contributed by atoms with Gasteiger partial charge in [0, 0.05) is 19.4 Å². The number of rotatable bonds is 6. The molecule has 0 N–H and O–H groups in total. The molecule has 0 aliphatic carbocycles. The number of sulfone groups is 1. The number of fused-ring (bicyclic) bond motifs is 1. The second-order valence-corrected chi connectivity index (χ2v) is 10.1. The molecule has 2 aromatic heterocycles. The summed E-state index contributed by atoms with van der Waals surface area (Å²) >= 11 is 0.872. The molecule has 2 aromatic carbocycles. The van der Waals surface area contributed by atoms with Crippen LogP contribution in [0.1, 0.15) is 5.69 Å². The van der Waals surface area contributed by atoms with Crippen LogP contribution >= 0.6 is 11.3 Å². The lowest BCUT2D eigenvalue weighted by atomic mass is 10.2. The van der Waals surface area contributed by atoms with Gasteiger partial charge in [0.2, 0.25) is 0 Å². The van der Waals surface area contributed by atoms with Gasteiger partial charge in [0.05, 0.1) is 27.9 Å². The quantitative estimate of drug-likeness (QED) is 0.294. The highest BCUT2D eigenvalue weighted by Crippen LogP contribution is 2.34. The molecule has 0 aliphatic rings. The number of para-hydroxylation sites is 1. The average molecular weight is 490 g/mol. The van der Waals surface area contributed by atoms with E-state index in [1.165, 1.54) is 27.9 Å². The molecule has 0 aliphatic heterocycles. The van der Waals surface area contributed by atoms with Crippen molar-refractivity contribution in [2.24, 2.45) is 0 Å². The highest BCUT2D eigenvalue weighted by Gasteiger charge is 2.23. The SMILES string of the molecule is CN(Cc1cn(-c2ccccc2F)nn1)c1nc(=O)c2cc(S(C)(=O)=O)cc([N+](=O)[O-])c2s1. The van der Waals surface area contributed by atoms with Crippen LogP contribution in [0.4, 0.5) is 15.2 Å². The summed E-state index contributed by atoms with van der Waals surface area (Å²) in [5.74, 6) is -0.475. The number of aromatic nitrogens is 4. The van der Waals surface area contributed by atoms with Gasteiger partial charge in [-0.2, -0.15) is 4.98 Å². The van der Waals surface area contributed by atoms with E-state index in [4.69, 9.17) is 0 Å². The first-order valence-electron chi connectivity index (χ1n) is 9.25. The first-order valence-corrected chi connectivity index (χ1v) is 12.0. The summed E-state index contributed by atoms with van der Waals surface area (Å²) < 4.78 is 39.0. The van der Waals surface area contributed by atoms with E-state index in [0.29, 0.717) is 5.69 Å². The highest BCUT2D eigenvalue weighted by molar-refractivity contribution is 7.90. The Morgan fingerprint density at radius 2 is 2.00 bits per heavy atom. The fourth-order valence-electron chi connectivity index (χ4n) is 3.06. The van der Waals surface area contributed by atoms with Gasteiger partial charge in [0.15, 0.2) is 15.0 Å². The van der Waals surface area contributed by atoms with E-state index in [1.807, 2.05) is 0 Å². The summed E-state index contributed by atoms with van der Waals surface area (Å²) in [6.45, 7) is 0.123. The largest absolute Gasteiger partial charge is 0.345 e. The molecular formula is C19H15FN6O5S2. The van der Waals surface area contributed by atoms with Crippen LogP contribution in [0.2, 0.25) is 0 Å². The van der Waals surface area contributed by atoms with Crippen LogP contribution < -0.4 is 10.5 Å². The number of nitro benzene ring substituents is 1. The Morgan fingerprint density at radius 3 is 2.67 bits per heavy atom. The van der Waals surface area contributed by atoms with E-state index in [2.05, 4.69) is 15.3 Å². The minimum atomic E-state index is -3.78. The van der Waals surface area contributed by atoms with Crippen LogP contribution in [0.25, 0.3) is 15.8 Å². The molecule has 0 bridgehead atoms.